The van der Waals surface area contributed by atoms with E-state index in [0.29, 0.717) is 62.3 Å². The highest BCUT2D eigenvalue weighted by molar-refractivity contribution is 7.89. The average molecular weight is 789 g/mol. The zero-order chi connectivity index (χ0) is 39.2. The van der Waals surface area contributed by atoms with Crippen molar-refractivity contribution in [1.82, 2.24) is 18.6 Å². The van der Waals surface area contributed by atoms with Crippen LogP contribution in [0.15, 0.2) is 76.1 Å². The first-order valence-corrected chi connectivity index (χ1v) is 19.8. The molecule has 0 unspecified atom stereocenters. The number of benzene rings is 2. The Balaban J connectivity index is 1.40. The normalized spacial score (nSPS) is 19.6. The van der Waals surface area contributed by atoms with Gasteiger partial charge in [0.15, 0.2) is 5.76 Å². The van der Waals surface area contributed by atoms with E-state index in [0.717, 1.165) is 4.31 Å². The van der Waals surface area contributed by atoms with Crippen molar-refractivity contribution in [2.75, 3.05) is 99.4 Å². The van der Waals surface area contributed by atoms with Crippen molar-refractivity contribution in [3.8, 4) is 11.4 Å². The maximum absolute atomic E-state index is 14.2. The Hall–Kier alpha value is -4.07. The van der Waals surface area contributed by atoms with Crippen LogP contribution in [-0.2, 0) is 50.3 Å². The zero-order valence-corrected chi connectivity index (χ0v) is 32.5. The predicted octanol–water partition coefficient (Wildman–Crippen LogP) is 1.82. The van der Waals surface area contributed by atoms with Crippen molar-refractivity contribution in [3.63, 3.8) is 0 Å². The topological polar surface area (TPSA) is 169 Å². The number of ether oxygens (including phenoxy) is 7. The van der Waals surface area contributed by atoms with Gasteiger partial charge >= 0.3 is 0 Å². The lowest BCUT2D eigenvalue weighted by molar-refractivity contribution is -0.153. The Morgan fingerprint density at radius 3 is 2.07 bits per heavy atom. The summed E-state index contributed by atoms with van der Waals surface area (Å²) in [5.41, 5.74) is 1.60. The van der Waals surface area contributed by atoms with Crippen LogP contribution in [0.25, 0.3) is 5.69 Å². The second kappa shape index (κ2) is 20.7. The number of para-hydroxylation sites is 1. The van der Waals surface area contributed by atoms with Crippen molar-refractivity contribution in [2.45, 2.75) is 30.4 Å². The van der Waals surface area contributed by atoms with Gasteiger partial charge in [-0.2, -0.15) is 4.31 Å². The number of hydrogen-bond donors (Lipinski definition) is 1. The molecule has 1 amide bonds. The molecule has 5 rings (SSSR count). The van der Waals surface area contributed by atoms with Crippen LogP contribution in [0.1, 0.15) is 23.6 Å². The second-order valence-corrected chi connectivity index (χ2v) is 14.7. The van der Waals surface area contributed by atoms with Gasteiger partial charge in [-0.1, -0.05) is 18.2 Å². The van der Waals surface area contributed by atoms with Crippen molar-refractivity contribution in [1.29, 1.82) is 0 Å². The van der Waals surface area contributed by atoms with E-state index in [2.05, 4.69) is 0 Å². The molecule has 16 nitrogen and oxygen atoms in total. The van der Waals surface area contributed by atoms with E-state index in [9.17, 15) is 23.1 Å². The number of rotatable bonds is 12. The summed E-state index contributed by atoms with van der Waals surface area (Å²) in [6.07, 6.45) is 0.804. The molecule has 2 aromatic carbocycles. The maximum Gasteiger partial charge on any atom is 0.288 e. The van der Waals surface area contributed by atoms with E-state index in [-0.39, 0.29) is 68.6 Å². The molecule has 3 aromatic rings. The van der Waals surface area contributed by atoms with Crippen molar-refractivity contribution < 1.29 is 51.5 Å². The largest absolute Gasteiger partial charge is 0.497 e. The number of allylic oxidation sites excluding steroid dienone is 1. The van der Waals surface area contributed by atoms with Gasteiger partial charge < -0.3 is 43.2 Å². The number of methoxy groups -OCH3 is 1. The van der Waals surface area contributed by atoms with Gasteiger partial charge in [-0.25, -0.2) is 13.1 Å². The van der Waals surface area contributed by atoms with E-state index in [1.807, 2.05) is 37.3 Å². The average Bonchev–Trinajstić information content (AvgIpc) is 3.41. The number of aromatic nitrogens is 2. The van der Waals surface area contributed by atoms with Crippen LogP contribution in [0.4, 0.5) is 0 Å². The van der Waals surface area contributed by atoms with Crippen LogP contribution in [-0.4, -0.2) is 144 Å². The number of sulfonamides is 1. The monoisotopic (exact) mass is 788 g/mol. The maximum atomic E-state index is 14.2. The van der Waals surface area contributed by atoms with Gasteiger partial charge in [0, 0.05) is 56.8 Å². The van der Waals surface area contributed by atoms with Gasteiger partial charge in [-0.3, -0.25) is 14.3 Å². The van der Waals surface area contributed by atoms with Gasteiger partial charge in [0.05, 0.1) is 83.8 Å². The minimum absolute atomic E-state index is 0.0159. The molecule has 2 aliphatic rings. The SMILES string of the molecule is COc1ccc(S(=O)(=O)N(CCO)CCO[C@@H]2C[C@H](c3c(C)n(C)n(-c4ccccc4)c3=O)C=C(C(=O)N3CCOCCOCCOCCOCC3)O2)cc1. The predicted molar refractivity (Wildman–Crippen MR) is 201 cm³/mol. The molecule has 1 aromatic heterocycles. The molecular formula is C38H52N4O12S. The van der Waals surface area contributed by atoms with E-state index in [4.69, 9.17) is 33.2 Å². The van der Waals surface area contributed by atoms with Crippen LogP contribution >= 0.6 is 0 Å². The second-order valence-electron chi connectivity index (χ2n) is 12.8. The van der Waals surface area contributed by atoms with E-state index in [1.165, 1.54) is 19.2 Å². The molecule has 1 saturated heterocycles. The standard InChI is InChI=1S/C38H52N4O12S/c1-29-36(38(45)42(39(29)2)31-7-5-4-6-8-31)30-27-34(37(44)40-14-18-49-21-23-51-25-26-52-24-22-50-19-15-40)54-35(28-30)53-20-16-41(13-17-43)55(46,47)33-11-9-32(48-3)10-12-33/h4-12,27,30,35,43H,13-26,28H2,1-3H3/t30-,35+/m1/s1. The summed E-state index contributed by atoms with van der Waals surface area (Å²) >= 11 is 0. The van der Waals surface area contributed by atoms with Crippen LogP contribution in [0.2, 0.25) is 0 Å². The third-order valence-electron chi connectivity index (χ3n) is 9.34. The van der Waals surface area contributed by atoms with Crippen molar-refractivity contribution in [3.05, 3.63) is 88.0 Å². The lowest BCUT2D eigenvalue weighted by Gasteiger charge is -2.32. The molecule has 0 spiro atoms. The molecule has 0 aliphatic carbocycles. The lowest BCUT2D eigenvalue weighted by Crippen LogP contribution is -2.41. The highest BCUT2D eigenvalue weighted by Gasteiger charge is 2.35. The quantitative estimate of drug-likeness (QED) is 0.283. The van der Waals surface area contributed by atoms with Gasteiger partial charge in [0.25, 0.3) is 11.5 Å². The molecule has 302 valence electrons. The first-order chi connectivity index (χ1) is 26.6. The Bertz CT molecular complexity index is 1850. The molecule has 17 heteroatoms. The minimum Gasteiger partial charge on any atom is -0.497 e. The van der Waals surface area contributed by atoms with Crippen molar-refractivity contribution >= 4 is 15.9 Å². The summed E-state index contributed by atoms with van der Waals surface area (Å²) in [5, 5.41) is 9.75. The minimum atomic E-state index is -4.01. The lowest BCUT2D eigenvalue weighted by atomic mass is 9.93. The van der Waals surface area contributed by atoms with Crippen LogP contribution < -0.4 is 10.3 Å². The fourth-order valence-corrected chi connectivity index (χ4v) is 7.77. The Morgan fingerprint density at radius 2 is 1.49 bits per heavy atom. The van der Waals surface area contributed by atoms with E-state index >= 15 is 0 Å². The van der Waals surface area contributed by atoms with E-state index in [1.54, 1.807) is 39.5 Å². The molecule has 2 atom stereocenters. The number of carbonyl (C=O) groups excluding carboxylic acids is 1. The number of carbonyl (C=O) groups is 1. The molecule has 3 heterocycles. The Kier molecular flexibility index (Phi) is 15.9. The van der Waals surface area contributed by atoms with Gasteiger partial charge in [-0.15, -0.1) is 0 Å². The number of aliphatic hydroxyl groups is 1. The summed E-state index contributed by atoms with van der Waals surface area (Å²) in [6.45, 7) is 4.31. The molecule has 2 aliphatic heterocycles. The highest BCUT2D eigenvalue weighted by atomic mass is 32.2. The van der Waals surface area contributed by atoms with Gasteiger partial charge in [0.2, 0.25) is 16.3 Å². The van der Waals surface area contributed by atoms with Crippen LogP contribution in [0, 0.1) is 6.92 Å². The molecule has 55 heavy (non-hydrogen) atoms. The molecule has 1 N–H and O–H groups in total. The van der Waals surface area contributed by atoms with Crippen molar-refractivity contribution in [2.24, 2.45) is 7.05 Å². The fourth-order valence-electron chi connectivity index (χ4n) is 6.36. The number of aliphatic hydroxyl groups excluding tert-OH is 1. The van der Waals surface area contributed by atoms with Crippen LogP contribution in [0.5, 0.6) is 5.75 Å². The third-order valence-corrected chi connectivity index (χ3v) is 11.3. The Morgan fingerprint density at radius 1 is 0.891 bits per heavy atom. The number of nitrogens with zero attached hydrogens (tertiary/aromatic N) is 4. The first-order valence-electron chi connectivity index (χ1n) is 18.3. The highest BCUT2D eigenvalue weighted by Crippen LogP contribution is 2.33. The molecule has 0 saturated carbocycles. The fraction of sp³-hybridized carbons (Fsp3) is 0.526. The molecule has 0 radical (unpaired) electrons. The zero-order valence-electron chi connectivity index (χ0n) is 31.7. The smallest absolute Gasteiger partial charge is 0.288 e. The number of amides is 1. The molecule has 0 bridgehead atoms. The summed E-state index contributed by atoms with van der Waals surface area (Å²) < 4.78 is 71.6. The van der Waals surface area contributed by atoms with Gasteiger partial charge in [0.1, 0.15) is 5.75 Å². The summed E-state index contributed by atoms with van der Waals surface area (Å²) in [6, 6.07) is 15.2. The number of hydrogen-bond acceptors (Lipinski definition) is 12. The summed E-state index contributed by atoms with van der Waals surface area (Å²) in [7, 11) is -0.722. The first kappa shape index (κ1) is 42.1. The molecule has 1 fully saturated rings. The summed E-state index contributed by atoms with van der Waals surface area (Å²) in [5.74, 6) is -0.551. The third kappa shape index (κ3) is 11.0. The Labute approximate surface area is 321 Å². The van der Waals surface area contributed by atoms with Gasteiger partial charge in [-0.05, 0) is 49.4 Å². The summed E-state index contributed by atoms with van der Waals surface area (Å²) in [4.78, 5) is 30.0. The van der Waals surface area contributed by atoms with E-state index < -0.39 is 34.7 Å². The van der Waals surface area contributed by atoms with Crippen LogP contribution in [0.3, 0.4) is 0 Å². The molecular weight excluding hydrogens is 737 g/mol.